The minimum Gasteiger partial charge on any atom is -0.340 e. The van der Waals surface area contributed by atoms with Gasteiger partial charge in [-0.2, -0.15) is 4.80 Å². The number of amides is 1. The molecule has 1 amide bonds. The van der Waals surface area contributed by atoms with Crippen LogP contribution in [0.2, 0.25) is 0 Å². The predicted octanol–water partition coefficient (Wildman–Crippen LogP) is 3.43. The first-order chi connectivity index (χ1) is 12.9. The van der Waals surface area contributed by atoms with Gasteiger partial charge < -0.3 is 4.90 Å². The van der Waals surface area contributed by atoms with Crippen molar-refractivity contribution in [1.29, 1.82) is 0 Å². The lowest BCUT2D eigenvalue weighted by Crippen LogP contribution is -2.30. The van der Waals surface area contributed by atoms with E-state index in [0.717, 1.165) is 11.1 Å². The first kappa shape index (κ1) is 18.8. The van der Waals surface area contributed by atoms with Crippen molar-refractivity contribution in [1.82, 2.24) is 25.1 Å². The number of hydrogen-bond acceptors (Lipinski definition) is 4. The van der Waals surface area contributed by atoms with Crippen LogP contribution in [-0.2, 0) is 17.9 Å². The van der Waals surface area contributed by atoms with E-state index in [-0.39, 0.29) is 12.5 Å². The first-order valence-corrected chi connectivity index (χ1v) is 9.10. The van der Waals surface area contributed by atoms with Crippen molar-refractivity contribution in [2.45, 2.75) is 39.8 Å². The molecule has 1 aromatic heterocycles. The monoisotopic (exact) mass is 363 g/mol. The van der Waals surface area contributed by atoms with Crippen LogP contribution in [0.3, 0.4) is 0 Å². The second-order valence-electron chi connectivity index (χ2n) is 7.10. The van der Waals surface area contributed by atoms with Crippen LogP contribution in [0.25, 0.3) is 11.4 Å². The molecule has 140 valence electrons. The molecule has 0 N–H and O–H groups in total. The number of benzene rings is 2. The Hall–Kier alpha value is -3.02. The van der Waals surface area contributed by atoms with E-state index in [1.165, 1.54) is 15.9 Å². The summed E-state index contributed by atoms with van der Waals surface area (Å²) in [5, 5.41) is 12.5. The van der Waals surface area contributed by atoms with E-state index in [4.69, 9.17) is 0 Å². The Bertz CT molecular complexity index is 914. The average molecular weight is 363 g/mol. The lowest BCUT2D eigenvalue weighted by atomic mass is 10.0. The minimum absolute atomic E-state index is 0.0580. The highest BCUT2D eigenvalue weighted by Gasteiger charge is 2.14. The fraction of sp³-hybridized carbons (Fsp3) is 0.333. The van der Waals surface area contributed by atoms with E-state index in [2.05, 4.69) is 41.4 Å². The molecule has 0 fully saturated rings. The van der Waals surface area contributed by atoms with E-state index < -0.39 is 0 Å². The van der Waals surface area contributed by atoms with Gasteiger partial charge in [-0.25, -0.2) is 0 Å². The van der Waals surface area contributed by atoms with Gasteiger partial charge in [0.1, 0.15) is 6.54 Å². The highest BCUT2D eigenvalue weighted by Crippen LogP contribution is 2.19. The number of hydrogen-bond donors (Lipinski definition) is 0. The quantitative estimate of drug-likeness (QED) is 0.673. The molecule has 6 nitrogen and oxygen atoms in total. The number of aromatic nitrogens is 4. The molecule has 0 saturated heterocycles. The molecular formula is C21H25N5O. The summed E-state index contributed by atoms with van der Waals surface area (Å²) >= 11 is 0. The van der Waals surface area contributed by atoms with Crippen molar-refractivity contribution in [2.24, 2.45) is 0 Å². The van der Waals surface area contributed by atoms with Crippen LogP contribution in [0.1, 0.15) is 36.5 Å². The molecule has 0 aliphatic heterocycles. The minimum atomic E-state index is -0.0580. The van der Waals surface area contributed by atoms with Crippen LogP contribution < -0.4 is 0 Å². The van der Waals surface area contributed by atoms with Crippen LogP contribution in [0, 0.1) is 6.92 Å². The highest BCUT2D eigenvalue weighted by atomic mass is 16.2. The Kier molecular flexibility index (Phi) is 5.64. The van der Waals surface area contributed by atoms with Crippen molar-refractivity contribution in [2.75, 3.05) is 7.05 Å². The second-order valence-corrected chi connectivity index (χ2v) is 7.10. The molecule has 0 bridgehead atoms. The number of nitrogens with zero attached hydrogens (tertiary/aromatic N) is 5. The first-order valence-electron chi connectivity index (χ1n) is 9.10. The lowest BCUT2D eigenvalue weighted by Gasteiger charge is -2.18. The Balaban J connectivity index is 1.64. The molecule has 27 heavy (non-hydrogen) atoms. The third kappa shape index (κ3) is 4.58. The Labute approximate surface area is 159 Å². The molecule has 6 heteroatoms. The van der Waals surface area contributed by atoms with Gasteiger partial charge in [-0.3, -0.25) is 4.79 Å². The zero-order valence-electron chi connectivity index (χ0n) is 16.3. The zero-order chi connectivity index (χ0) is 19.4. The van der Waals surface area contributed by atoms with E-state index in [0.29, 0.717) is 18.3 Å². The summed E-state index contributed by atoms with van der Waals surface area (Å²) in [7, 11) is 1.79. The molecule has 1 heterocycles. The second kappa shape index (κ2) is 8.12. The number of aryl methyl sites for hydroxylation is 1. The molecule has 3 rings (SSSR count). The summed E-state index contributed by atoms with van der Waals surface area (Å²) < 4.78 is 0. The zero-order valence-corrected chi connectivity index (χ0v) is 16.3. The van der Waals surface area contributed by atoms with Gasteiger partial charge in [0, 0.05) is 19.2 Å². The molecule has 2 aromatic carbocycles. The van der Waals surface area contributed by atoms with Crippen LogP contribution >= 0.6 is 0 Å². The van der Waals surface area contributed by atoms with Crippen LogP contribution in [0.15, 0.2) is 48.5 Å². The van der Waals surface area contributed by atoms with Crippen molar-refractivity contribution in [3.8, 4) is 11.4 Å². The van der Waals surface area contributed by atoms with E-state index >= 15 is 0 Å². The number of likely N-dealkylation sites (N-methyl/N-ethyl adjacent to an activating group) is 1. The normalized spacial score (nSPS) is 11.0. The predicted molar refractivity (Wildman–Crippen MR) is 105 cm³/mol. The summed E-state index contributed by atoms with van der Waals surface area (Å²) in [5.41, 5.74) is 4.46. The summed E-state index contributed by atoms with van der Waals surface area (Å²) in [6.45, 7) is 6.98. The molecule has 3 aromatic rings. The Morgan fingerprint density at radius 2 is 1.81 bits per heavy atom. The standard InChI is InChI=1S/C21H25N5O/c1-15(2)17-9-11-18(12-10-17)21-22-24-26(23-21)14-20(27)25(4)13-19-8-6-5-7-16(19)3/h5-12,15H,13-14H2,1-4H3. The maximum atomic E-state index is 12.5. The van der Waals surface area contributed by atoms with Gasteiger partial charge in [-0.05, 0) is 34.7 Å². The number of tetrazole rings is 1. The summed E-state index contributed by atoms with van der Waals surface area (Å²) in [5.74, 6) is 0.945. The molecule has 0 saturated carbocycles. The molecule has 0 unspecified atom stereocenters. The summed E-state index contributed by atoms with van der Waals surface area (Å²) in [4.78, 5) is 15.5. The lowest BCUT2D eigenvalue weighted by molar-refractivity contribution is -0.131. The fourth-order valence-electron chi connectivity index (χ4n) is 2.82. The van der Waals surface area contributed by atoms with Crippen molar-refractivity contribution in [3.63, 3.8) is 0 Å². The SMILES string of the molecule is Cc1ccccc1CN(C)C(=O)Cn1nnc(-c2ccc(C(C)C)cc2)n1. The molecule has 0 spiro atoms. The van der Waals surface area contributed by atoms with E-state index in [1.807, 2.05) is 43.3 Å². The molecule has 0 radical (unpaired) electrons. The van der Waals surface area contributed by atoms with Crippen molar-refractivity contribution in [3.05, 3.63) is 65.2 Å². The summed E-state index contributed by atoms with van der Waals surface area (Å²) in [6.07, 6.45) is 0. The van der Waals surface area contributed by atoms with Gasteiger partial charge in [0.25, 0.3) is 0 Å². The maximum Gasteiger partial charge on any atom is 0.246 e. The molecule has 0 aliphatic carbocycles. The third-order valence-electron chi connectivity index (χ3n) is 4.66. The Morgan fingerprint density at radius 1 is 1.11 bits per heavy atom. The van der Waals surface area contributed by atoms with Gasteiger partial charge in [0.2, 0.25) is 11.7 Å². The van der Waals surface area contributed by atoms with Crippen LogP contribution in [-0.4, -0.2) is 38.1 Å². The van der Waals surface area contributed by atoms with Gasteiger partial charge in [-0.15, -0.1) is 10.2 Å². The van der Waals surface area contributed by atoms with Gasteiger partial charge >= 0.3 is 0 Å². The largest absolute Gasteiger partial charge is 0.340 e. The number of carbonyl (C=O) groups excluding carboxylic acids is 1. The Morgan fingerprint density at radius 3 is 2.48 bits per heavy atom. The van der Waals surface area contributed by atoms with Crippen LogP contribution in [0.5, 0.6) is 0 Å². The topological polar surface area (TPSA) is 63.9 Å². The molecular weight excluding hydrogens is 338 g/mol. The van der Waals surface area contributed by atoms with E-state index in [1.54, 1.807) is 11.9 Å². The van der Waals surface area contributed by atoms with Crippen molar-refractivity contribution >= 4 is 5.91 Å². The van der Waals surface area contributed by atoms with Crippen LogP contribution in [0.4, 0.5) is 0 Å². The third-order valence-corrected chi connectivity index (χ3v) is 4.66. The highest BCUT2D eigenvalue weighted by molar-refractivity contribution is 5.75. The van der Waals surface area contributed by atoms with Gasteiger partial charge in [0.15, 0.2) is 0 Å². The molecule has 0 atom stereocenters. The summed E-state index contributed by atoms with van der Waals surface area (Å²) in [6, 6.07) is 16.2. The van der Waals surface area contributed by atoms with E-state index in [9.17, 15) is 4.79 Å². The molecule has 0 aliphatic rings. The fourth-order valence-corrected chi connectivity index (χ4v) is 2.82. The van der Waals surface area contributed by atoms with Crippen molar-refractivity contribution < 1.29 is 4.79 Å². The van der Waals surface area contributed by atoms with Gasteiger partial charge in [-0.1, -0.05) is 62.4 Å². The maximum absolute atomic E-state index is 12.5. The number of carbonyl (C=O) groups is 1. The van der Waals surface area contributed by atoms with Gasteiger partial charge in [0.05, 0.1) is 0 Å². The smallest absolute Gasteiger partial charge is 0.246 e. The number of rotatable bonds is 6. The average Bonchev–Trinajstić information content (AvgIpc) is 3.12.